The van der Waals surface area contributed by atoms with Gasteiger partial charge >= 0.3 is 0 Å². The number of aryl methyl sites for hydroxylation is 2. The number of carbonyl (C=O) groups excluding carboxylic acids is 1. The lowest BCUT2D eigenvalue weighted by Crippen LogP contribution is -2.33. The second-order valence-corrected chi connectivity index (χ2v) is 6.49. The van der Waals surface area contributed by atoms with Gasteiger partial charge in [0.2, 0.25) is 0 Å². The van der Waals surface area contributed by atoms with Gasteiger partial charge in [-0.15, -0.1) is 0 Å². The summed E-state index contributed by atoms with van der Waals surface area (Å²) in [6.45, 7) is 3.81. The fourth-order valence-corrected chi connectivity index (χ4v) is 3.54. The highest BCUT2D eigenvalue weighted by atomic mass is 19.1. The Morgan fingerprint density at radius 2 is 2.08 bits per heavy atom. The summed E-state index contributed by atoms with van der Waals surface area (Å²) >= 11 is 0. The molecule has 0 unspecified atom stereocenters. The van der Waals surface area contributed by atoms with Crippen molar-refractivity contribution in [1.29, 1.82) is 0 Å². The number of nitrogens with one attached hydrogen (secondary N) is 2. The van der Waals surface area contributed by atoms with Crippen LogP contribution in [0.25, 0.3) is 0 Å². The van der Waals surface area contributed by atoms with Gasteiger partial charge < -0.3 is 10.4 Å². The molecule has 1 aliphatic carbocycles. The van der Waals surface area contributed by atoms with E-state index in [-0.39, 0.29) is 23.6 Å². The van der Waals surface area contributed by atoms with Gasteiger partial charge in [-0.3, -0.25) is 9.89 Å². The summed E-state index contributed by atoms with van der Waals surface area (Å²) in [5.74, 6) is 0.278. The van der Waals surface area contributed by atoms with Gasteiger partial charge in [-0.1, -0.05) is 0 Å². The third kappa shape index (κ3) is 3.31. The van der Waals surface area contributed by atoms with E-state index < -0.39 is 6.10 Å². The van der Waals surface area contributed by atoms with Gasteiger partial charge in [0.05, 0.1) is 6.10 Å². The smallest absolute Gasteiger partial charge is 0.251 e. The summed E-state index contributed by atoms with van der Waals surface area (Å²) in [5, 5.41) is 19.8. The summed E-state index contributed by atoms with van der Waals surface area (Å²) in [6.07, 6.45) is 2.30. The normalized spacial score (nSPS) is 23.4. The molecule has 0 spiro atoms. The van der Waals surface area contributed by atoms with Gasteiger partial charge in [-0.05, 0) is 49.9 Å². The Morgan fingerprint density at radius 1 is 1.38 bits per heavy atom. The highest BCUT2D eigenvalue weighted by molar-refractivity contribution is 5.97. The molecule has 1 amide bonds. The molecular weight excluding hydrogens is 311 g/mol. The Bertz CT molecular complexity index is 709. The number of halogens is 1. The molecule has 6 nitrogen and oxygen atoms in total. The van der Waals surface area contributed by atoms with E-state index in [2.05, 4.69) is 20.5 Å². The Hall–Kier alpha value is -2.28. The van der Waals surface area contributed by atoms with E-state index >= 15 is 0 Å². The lowest BCUT2D eigenvalue weighted by Gasteiger charge is -2.16. The summed E-state index contributed by atoms with van der Waals surface area (Å²) in [5.41, 5.74) is 1.71. The molecule has 3 rings (SSSR count). The standard InChI is InChI=1S/C17H21FN4O2/c1-9-3-13(18)4-10(2)15(9)17(24)19-7-12-5-11(6-14(12)23)16-20-8-21-22-16/h3-4,8,11-12,14,23H,5-7H2,1-2H3,(H,19,24)(H,20,21,22)/t11-,12+,14+/m1/s1. The molecular formula is C17H21FN4O2. The highest BCUT2D eigenvalue weighted by Crippen LogP contribution is 2.36. The Balaban J connectivity index is 1.63. The maximum absolute atomic E-state index is 13.4. The van der Waals surface area contributed by atoms with Crippen molar-refractivity contribution in [1.82, 2.24) is 20.5 Å². The molecule has 7 heteroatoms. The fourth-order valence-electron chi connectivity index (χ4n) is 3.54. The van der Waals surface area contributed by atoms with E-state index in [4.69, 9.17) is 0 Å². The van der Waals surface area contributed by atoms with Crippen LogP contribution < -0.4 is 5.32 Å². The minimum Gasteiger partial charge on any atom is -0.393 e. The first-order valence-corrected chi connectivity index (χ1v) is 8.04. The van der Waals surface area contributed by atoms with Crippen LogP contribution in [-0.4, -0.2) is 38.8 Å². The molecule has 0 aliphatic heterocycles. The summed E-state index contributed by atoms with van der Waals surface area (Å²) < 4.78 is 13.4. The molecule has 1 aromatic heterocycles. The second-order valence-electron chi connectivity index (χ2n) is 6.49. The van der Waals surface area contributed by atoms with E-state index in [0.717, 1.165) is 12.2 Å². The number of aliphatic hydroxyl groups excluding tert-OH is 1. The van der Waals surface area contributed by atoms with E-state index in [1.807, 2.05) is 0 Å². The molecule has 2 aromatic rings. The Labute approximate surface area is 139 Å². The first-order valence-electron chi connectivity index (χ1n) is 8.04. The van der Waals surface area contributed by atoms with Crippen molar-refractivity contribution in [3.63, 3.8) is 0 Å². The van der Waals surface area contributed by atoms with Crippen LogP contribution in [0.4, 0.5) is 4.39 Å². The minimum absolute atomic E-state index is 0.0369. The number of rotatable bonds is 4. The van der Waals surface area contributed by atoms with Gasteiger partial charge in [0.15, 0.2) is 0 Å². The van der Waals surface area contributed by atoms with E-state index in [0.29, 0.717) is 29.7 Å². The van der Waals surface area contributed by atoms with Crippen molar-refractivity contribution in [2.75, 3.05) is 6.54 Å². The van der Waals surface area contributed by atoms with Crippen LogP contribution in [0, 0.1) is 25.6 Å². The van der Waals surface area contributed by atoms with Crippen molar-refractivity contribution in [3.05, 3.63) is 46.8 Å². The van der Waals surface area contributed by atoms with Crippen molar-refractivity contribution >= 4 is 5.91 Å². The van der Waals surface area contributed by atoms with Crippen molar-refractivity contribution in [3.8, 4) is 0 Å². The number of carbonyl (C=O) groups is 1. The maximum atomic E-state index is 13.4. The number of hydrogen-bond donors (Lipinski definition) is 3. The van der Waals surface area contributed by atoms with E-state index in [1.165, 1.54) is 18.5 Å². The number of benzene rings is 1. The number of aliphatic hydroxyl groups is 1. The zero-order chi connectivity index (χ0) is 17.3. The molecule has 0 bridgehead atoms. The quantitative estimate of drug-likeness (QED) is 0.797. The summed E-state index contributed by atoms with van der Waals surface area (Å²) in [4.78, 5) is 16.6. The van der Waals surface area contributed by atoms with Crippen LogP contribution in [0.3, 0.4) is 0 Å². The molecule has 1 aliphatic rings. The van der Waals surface area contributed by atoms with Crippen LogP contribution in [-0.2, 0) is 0 Å². The van der Waals surface area contributed by atoms with Crippen LogP contribution >= 0.6 is 0 Å². The highest BCUT2D eigenvalue weighted by Gasteiger charge is 2.35. The van der Waals surface area contributed by atoms with Gasteiger partial charge in [0, 0.05) is 23.9 Å². The fraction of sp³-hybridized carbons (Fsp3) is 0.471. The molecule has 1 saturated carbocycles. The molecule has 1 fully saturated rings. The number of H-pyrrole nitrogens is 1. The number of aromatic nitrogens is 3. The third-order valence-electron chi connectivity index (χ3n) is 4.73. The minimum atomic E-state index is -0.490. The number of aromatic amines is 1. The van der Waals surface area contributed by atoms with Crippen LogP contribution in [0.15, 0.2) is 18.5 Å². The zero-order valence-electron chi connectivity index (χ0n) is 13.7. The second kappa shape index (κ2) is 6.68. The molecule has 0 saturated heterocycles. The molecule has 3 N–H and O–H groups in total. The predicted molar refractivity (Wildman–Crippen MR) is 86.1 cm³/mol. The monoisotopic (exact) mass is 332 g/mol. The first kappa shape index (κ1) is 16.6. The van der Waals surface area contributed by atoms with E-state index in [1.54, 1.807) is 13.8 Å². The maximum Gasteiger partial charge on any atom is 0.251 e. The van der Waals surface area contributed by atoms with Crippen molar-refractivity contribution in [2.24, 2.45) is 5.92 Å². The average Bonchev–Trinajstić information content (AvgIpc) is 3.13. The first-order chi connectivity index (χ1) is 11.5. The predicted octanol–water partition coefficient (Wildman–Crippen LogP) is 1.85. The largest absolute Gasteiger partial charge is 0.393 e. The molecule has 0 radical (unpaired) electrons. The van der Waals surface area contributed by atoms with Gasteiger partial charge in [0.1, 0.15) is 18.0 Å². The van der Waals surface area contributed by atoms with Crippen LogP contribution in [0.5, 0.6) is 0 Å². The summed E-state index contributed by atoms with van der Waals surface area (Å²) in [7, 11) is 0. The zero-order valence-corrected chi connectivity index (χ0v) is 13.7. The number of hydrogen-bond acceptors (Lipinski definition) is 4. The van der Waals surface area contributed by atoms with Gasteiger partial charge in [-0.25, -0.2) is 9.37 Å². The van der Waals surface area contributed by atoms with Crippen LogP contribution in [0.2, 0.25) is 0 Å². The molecule has 128 valence electrons. The van der Waals surface area contributed by atoms with Crippen molar-refractivity contribution in [2.45, 2.75) is 38.7 Å². The molecule has 24 heavy (non-hydrogen) atoms. The SMILES string of the molecule is Cc1cc(F)cc(C)c1C(=O)NC[C@@H]1C[C@@H](c2ncn[nH]2)C[C@@H]1O. The number of amides is 1. The average molecular weight is 332 g/mol. The molecule has 3 atom stereocenters. The van der Waals surface area contributed by atoms with Gasteiger partial charge in [-0.2, -0.15) is 5.10 Å². The van der Waals surface area contributed by atoms with Gasteiger partial charge in [0.25, 0.3) is 5.91 Å². The number of nitrogens with zero attached hydrogens (tertiary/aromatic N) is 2. The molecule has 1 aromatic carbocycles. The lowest BCUT2D eigenvalue weighted by molar-refractivity contribution is 0.0915. The Morgan fingerprint density at radius 3 is 2.71 bits per heavy atom. The topological polar surface area (TPSA) is 90.9 Å². The lowest BCUT2D eigenvalue weighted by atomic mass is 10.0. The van der Waals surface area contributed by atoms with Crippen LogP contribution in [0.1, 0.15) is 46.1 Å². The van der Waals surface area contributed by atoms with E-state index in [9.17, 15) is 14.3 Å². The summed E-state index contributed by atoms with van der Waals surface area (Å²) in [6, 6.07) is 2.71. The molecule has 1 heterocycles. The third-order valence-corrected chi connectivity index (χ3v) is 4.73. The Kier molecular flexibility index (Phi) is 4.62. The van der Waals surface area contributed by atoms with Crippen molar-refractivity contribution < 1.29 is 14.3 Å².